The summed E-state index contributed by atoms with van der Waals surface area (Å²) in [5, 5.41) is 2.25. The van der Waals surface area contributed by atoms with E-state index in [2.05, 4.69) is 5.32 Å². The Balaban J connectivity index is 2.11. The van der Waals surface area contributed by atoms with Gasteiger partial charge in [-0.15, -0.1) is 0 Å². The quantitative estimate of drug-likeness (QED) is 0.706. The van der Waals surface area contributed by atoms with Gasteiger partial charge in [0.2, 0.25) is 5.91 Å². The van der Waals surface area contributed by atoms with E-state index in [0.717, 1.165) is 0 Å². The maximum atomic E-state index is 12.7. The van der Waals surface area contributed by atoms with Gasteiger partial charge in [0.15, 0.2) is 0 Å². The van der Waals surface area contributed by atoms with Crippen molar-refractivity contribution in [3.05, 3.63) is 0 Å². The van der Waals surface area contributed by atoms with Gasteiger partial charge in [-0.2, -0.15) is 13.2 Å². The number of amides is 1. The topological polar surface area (TPSA) is 41.6 Å². The molecule has 16 heavy (non-hydrogen) atoms. The van der Waals surface area contributed by atoms with Crippen LogP contribution in [0.4, 0.5) is 13.2 Å². The molecule has 2 fully saturated rings. The van der Waals surface area contributed by atoms with E-state index in [-0.39, 0.29) is 31.6 Å². The zero-order valence-electron chi connectivity index (χ0n) is 8.59. The first-order chi connectivity index (χ1) is 7.48. The highest BCUT2D eigenvalue weighted by Gasteiger charge is 2.48. The van der Waals surface area contributed by atoms with Crippen LogP contribution in [0.5, 0.6) is 0 Å². The van der Waals surface area contributed by atoms with Gasteiger partial charge >= 0.3 is 6.18 Å². The minimum absolute atomic E-state index is 0.196. The summed E-state index contributed by atoms with van der Waals surface area (Å²) < 4.78 is 43.3. The molecule has 0 spiro atoms. The number of nitrogens with one attached hydrogen (secondary N) is 1. The second kappa shape index (κ2) is 4.21. The number of ether oxygens (including phenoxy) is 1. The van der Waals surface area contributed by atoms with Crippen LogP contribution in [0.25, 0.3) is 0 Å². The highest BCUT2D eigenvalue weighted by atomic mass is 19.4. The molecule has 2 unspecified atom stereocenters. The third-order valence-electron chi connectivity index (χ3n) is 2.97. The number of rotatable bonds is 1. The molecule has 0 aromatic carbocycles. The fourth-order valence-electron chi connectivity index (χ4n) is 2.13. The van der Waals surface area contributed by atoms with Crippen LogP contribution in [0.1, 0.15) is 6.42 Å². The first-order valence-electron chi connectivity index (χ1n) is 5.15. The van der Waals surface area contributed by atoms with E-state index < -0.39 is 12.2 Å². The summed E-state index contributed by atoms with van der Waals surface area (Å²) in [6, 6.07) is -1.88. The molecular weight excluding hydrogens is 225 g/mol. The van der Waals surface area contributed by atoms with Crippen molar-refractivity contribution in [2.45, 2.75) is 24.7 Å². The molecule has 0 saturated carbocycles. The summed E-state index contributed by atoms with van der Waals surface area (Å²) in [6.07, 6.45) is -3.75. The number of nitrogens with zero attached hydrogens (tertiary/aromatic N) is 1. The second-order valence-corrected chi connectivity index (χ2v) is 4.05. The molecule has 0 radical (unpaired) electrons. The van der Waals surface area contributed by atoms with E-state index in [4.69, 9.17) is 4.74 Å². The van der Waals surface area contributed by atoms with Gasteiger partial charge in [-0.25, -0.2) is 0 Å². The Hall–Kier alpha value is -0.820. The fraction of sp³-hybridized carbons (Fsp3) is 0.889. The largest absolute Gasteiger partial charge is 0.405 e. The van der Waals surface area contributed by atoms with E-state index in [1.807, 2.05) is 0 Å². The molecule has 0 aromatic rings. The average Bonchev–Trinajstić information content (AvgIpc) is 2.68. The van der Waals surface area contributed by atoms with Crippen LogP contribution >= 0.6 is 0 Å². The Labute approximate surface area is 90.7 Å². The SMILES string of the molecule is O=C1CN(C2CCOC2)C(C(F)(F)F)CN1. The van der Waals surface area contributed by atoms with Crippen LogP contribution in [0.3, 0.4) is 0 Å². The summed E-state index contributed by atoms with van der Waals surface area (Å²) in [6.45, 7) is 0.185. The summed E-state index contributed by atoms with van der Waals surface area (Å²) in [5.41, 5.74) is 0. The standard InChI is InChI=1S/C9H13F3N2O2/c10-9(11,12)7-3-13-8(15)4-14(7)6-1-2-16-5-6/h6-7H,1-5H2,(H,13,15). The number of hydrogen-bond donors (Lipinski definition) is 1. The Bertz CT molecular complexity index is 276. The third-order valence-corrected chi connectivity index (χ3v) is 2.97. The van der Waals surface area contributed by atoms with E-state index >= 15 is 0 Å². The van der Waals surface area contributed by atoms with Crippen LogP contribution in [-0.4, -0.2) is 55.4 Å². The van der Waals surface area contributed by atoms with Crippen molar-refractivity contribution >= 4 is 5.91 Å². The molecule has 0 aromatic heterocycles. The molecule has 2 rings (SSSR count). The monoisotopic (exact) mass is 238 g/mol. The van der Waals surface area contributed by atoms with E-state index in [1.54, 1.807) is 0 Å². The van der Waals surface area contributed by atoms with Gasteiger partial charge in [0.25, 0.3) is 0 Å². The number of alkyl halides is 3. The van der Waals surface area contributed by atoms with Crippen molar-refractivity contribution in [1.82, 2.24) is 10.2 Å². The highest BCUT2D eigenvalue weighted by Crippen LogP contribution is 2.29. The first kappa shape index (κ1) is 11.7. The summed E-state index contributed by atoms with van der Waals surface area (Å²) in [5.74, 6) is -0.354. The van der Waals surface area contributed by atoms with Crippen LogP contribution in [0.15, 0.2) is 0 Å². The molecule has 2 saturated heterocycles. The van der Waals surface area contributed by atoms with Gasteiger partial charge < -0.3 is 10.1 Å². The summed E-state index contributed by atoms with van der Waals surface area (Å²) in [4.78, 5) is 12.4. The van der Waals surface area contributed by atoms with E-state index in [9.17, 15) is 18.0 Å². The molecule has 92 valence electrons. The molecule has 0 bridgehead atoms. The van der Waals surface area contributed by atoms with Gasteiger partial charge in [-0.05, 0) is 6.42 Å². The van der Waals surface area contributed by atoms with Gasteiger partial charge in [0.05, 0.1) is 13.2 Å². The molecule has 2 atom stereocenters. The first-order valence-corrected chi connectivity index (χ1v) is 5.15. The van der Waals surface area contributed by atoms with Crippen molar-refractivity contribution in [2.75, 3.05) is 26.3 Å². The molecule has 4 nitrogen and oxygen atoms in total. The van der Waals surface area contributed by atoms with E-state index in [1.165, 1.54) is 4.90 Å². The van der Waals surface area contributed by atoms with Crippen molar-refractivity contribution in [1.29, 1.82) is 0 Å². The minimum Gasteiger partial charge on any atom is -0.380 e. The molecule has 2 heterocycles. The van der Waals surface area contributed by atoms with Gasteiger partial charge in [-0.1, -0.05) is 0 Å². The predicted octanol–water partition coefficient (Wildman–Crippen LogP) is 0.138. The number of halogens is 3. The summed E-state index contributed by atoms with van der Waals surface area (Å²) >= 11 is 0. The van der Waals surface area contributed by atoms with Gasteiger partial charge in [0.1, 0.15) is 6.04 Å². The lowest BCUT2D eigenvalue weighted by Gasteiger charge is -2.39. The van der Waals surface area contributed by atoms with Crippen molar-refractivity contribution in [2.24, 2.45) is 0 Å². The fourth-order valence-corrected chi connectivity index (χ4v) is 2.13. The zero-order chi connectivity index (χ0) is 11.8. The smallest absolute Gasteiger partial charge is 0.380 e. The maximum Gasteiger partial charge on any atom is 0.405 e. The predicted molar refractivity (Wildman–Crippen MR) is 48.8 cm³/mol. The van der Waals surface area contributed by atoms with Crippen molar-refractivity contribution in [3.63, 3.8) is 0 Å². The van der Waals surface area contributed by atoms with Crippen LogP contribution < -0.4 is 5.32 Å². The number of carbonyl (C=O) groups excluding carboxylic acids is 1. The maximum absolute atomic E-state index is 12.7. The van der Waals surface area contributed by atoms with E-state index in [0.29, 0.717) is 13.0 Å². The Morgan fingerprint density at radius 3 is 2.75 bits per heavy atom. The lowest BCUT2D eigenvalue weighted by atomic mass is 10.1. The van der Waals surface area contributed by atoms with Gasteiger partial charge in [-0.3, -0.25) is 9.69 Å². The minimum atomic E-state index is -4.31. The number of hydrogen-bond acceptors (Lipinski definition) is 3. The second-order valence-electron chi connectivity index (χ2n) is 4.05. The molecule has 7 heteroatoms. The number of carbonyl (C=O) groups is 1. The van der Waals surface area contributed by atoms with Gasteiger partial charge in [0, 0.05) is 19.2 Å². The highest BCUT2D eigenvalue weighted by molar-refractivity contribution is 5.79. The normalized spacial score (nSPS) is 32.8. The molecular formula is C9H13F3N2O2. The molecule has 1 amide bonds. The molecule has 1 N–H and O–H groups in total. The lowest BCUT2D eigenvalue weighted by Crippen LogP contribution is -2.62. The molecule has 2 aliphatic rings. The van der Waals surface area contributed by atoms with Crippen molar-refractivity contribution < 1.29 is 22.7 Å². The van der Waals surface area contributed by atoms with Crippen LogP contribution in [0.2, 0.25) is 0 Å². The Morgan fingerprint density at radius 1 is 1.44 bits per heavy atom. The Morgan fingerprint density at radius 2 is 2.19 bits per heavy atom. The van der Waals surface area contributed by atoms with Crippen molar-refractivity contribution in [3.8, 4) is 0 Å². The molecule has 0 aliphatic carbocycles. The summed E-state index contributed by atoms with van der Waals surface area (Å²) in [7, 11) is 0. The zero-order valence-corrected chi connectivity index (χ0v) is 8.59. The molecule has 2 aliphatic heterocycles. The Kier molecular flexibility index (Phi) is 3.07. The average molecular weight is 238 g/mol. The van der Waals surface area contributed by atoms with Crippen LogP contribution in [-0.2, 0) is 9.53 Å². The lowest BCUT2D eigenvalue weighted by molar-refractivity contribution is -0.194. The number of piperazine rings is 1. The van der Waals surface area contributed by atoms with Crippen LogP contribution in [0, 0.1) is 0 Å². The third kappa shape index (κ3) is 2.30.